The summed E-state index contributed by atoms with van der Waals surface area (Å²) in [5, 5.41) is 10.4. The highest BCUT2D eigenvalue weighted by molar-refractivity contribution is 5.95. The van der Waals surface area contributed by atoms with Crippen molar-refractivity contribution in [1.82, 2.24) is 9.88 Å². The first kappa shape index (κ1) is 15.7. The Morgan fingerprint density at radius 3 is 3.00 bits per heavy atom. The van der Waals surface area contributed by atoms with Crippen LogP contribution in [0.1, 0.15) is 25.3 Å². The van der Waals surface area contributed by atoms with E-state index >= 15 is 0 Å². The van der Waals surface area contributed by atoms with E-state index < -0.39 is 0 Å². The van der Waals surface area contributed by atoms with Gasteiger partial charge in [-0.05, 0) is 49.5 Å². The molecule has 1 amide bonds. The van der Waals surface area contributed by atoms with Gasteiger partial charge in [0.15, 0.2) is 0 Å². The van der Waals surface area contributed by atoms with Crippen LogP contribution >= 0.6 is 0 Å². The Balaban J connectivity index is 1.79. The standard InChI is InChI=1S/C19H22N2O2/c1-14-6-7-15(13-22)12-21(14)19(23)9-8-16-10-11-20-18-5-3-2-4-17(16)18/h2-5,8-11,14-15,22H,6-7,12-13H2,1H3/b9-8+. The predicted molar refractivity (Wildman–Crippen MR) is 91.8 cm³/mol. The van der Waals surface area contributed by atoms with Gasteiger partial charge in [0.2, 0.25) is 5.91 Å². The van der Waals surface area contributed by atoms with Gasteiger partial charge >= 0.3 is 0 Å². The molecule has 0 spiro atoms. The van der Waals surface area contributed by atoms with Crippen LogP contribution in [0.5, 0.6) is 0 Å². The van der Waals surface area contributed by atoms with Gasteiger partial charge in [0.1, 0.15) is 0 Å². The number of para-hydroxylation sites is 1. The second-order valence-electron chi connectivity index (χ2n) is 6.22. The van der Waals surface area contributed by atoms with Gasteiger partial charge in [-0.3, -0.25) is 9.78 Å². The highest BCUT2D eigenvalue weighted by Gasteiger charge is 2.27. The lowest BCUT2D eigenvalue weighted by atomic mass is 9.94. The molecule has 0 radical (unpaired) electrons. The maximum atomic E-state index is 12.5. The quantitative estimate of drug-likeness (QED) is 0.887. The van der Waals surface area contributed by atoms with Gasteiger partial charge in [-0.2, -0.15) is 0 Å². The van der Waals surface area contributed by atoms with Gasteiger partial charge in [-0.15, -0.1) is 0 Å². The number of hydrogen-bond acceptors (Lipinski definition) is 3. The van der Waals surface area contributed by atoms with Gasteiger partial charge in [0.05, 0.1) is 5.52 Å². The fourth-order valence-corrected chi connectivity index (χ4v) is 3.16. The van der Waals surface area contributed by atoms with Crippen LogP contribution < -0.4 is 0 Å². The highest BCUT2D eigenvalue weighted by Crippen LogP contribution is 2.22. The van der Waals surface area contributed by atoms with Crippen molar-refractivity contribution in [3.05, 3.63) is 48.2 Å². The number of hydrogen-bond donors (Lipinski definition) is 1. The van der Waals surface area contributed by atoms with Gasteiger partial charge in [0.25, 0.3) is 0 Å². The largest absolute Gasteiger partial charge is 0.396 e. The zero-order valence-corrected chi connectivity index (χ0v) is 13.4. The normalized spacial score (nSPS) is 21.9. The summed E-state index contributed by atoms with van der Waals surface area (Å²) in [6.45, 7) is 2.86. The molecule has 2 aromatic rings. The number of likely N-dealkylation sites (tertiary alicyclic amines) is 1. The molecule has 1 aromatic heterocycles. The van der Waals surface area contributed by atoms with E-state index in [2.05, 4.69) is 11.9 Å². The number of nitrogens with zero attached hydrogens (tertiary/aromatic N) is 2. The van der Waals surface area contributed by atoms with Crippen molar-refractivity contribution in [2.75, 3.05) is 13.2 Å². The van der Waals surface area contributed by atoms with Crippen molar-refractivity contribution in [1.29, 1.82) is 0 Å². The molecule has 2 heterocycles. The van der Waals surface area contributed by atoms with Crippen LogP contribution in [-0.2, 0) is 4.79 Å². The summed E-state index contributed by atoms with van der Waals surface area (Å²) in [4.78, 5) is 18.7. The summed E-state index contributed by atoms with van der Waals surface area (Å²) in [6.07, 6.45) is 7.20. The van der Waals surface area contributed by atoms with E-state index in [0.717, 1.165) is 29.3 Å². The molecule has 3 rings (SSSR count). The molecule has 2 atom stereocenters. The third-order valence-corrected chi connectivity index (χ3v) is 4.61. The van der Waals surface area contributed by atoms with Gasteiger partial charge in [-0.25, -0.2) is 0 Å². The summed E-state index contributed by atoms with van der Waals surface area (Å²) < 4.78 is 0. The molecule has 1 aliphatic rings. The van der Waals surface area contributed by atoms with Crippen molar-refractivity contribution < 1.29 is 9.90 Å². The Bertz CT molecular complexity index is 721. The maximum Gasteiger partial charge on any atom is 0.246 e. The van der Waals surface area contributed by atoms with E-state index in [-0.39, 0.29) is 24.5 Å². The maximum absolute atomic E-state index is 12.5. The minimum absolute atomic E-state index is 0.0107. The Labute approximate surface area is 136 Å². The smallest absolute Gasteiger partial charge is 0.246 e. The van der Waals surface area contributed by atoms with Crippen LogP contribution in [0.25, 0.3) is 17.0 Å². The third kappa shape index (κ3) is 3.42. The number of carbonyl (C=O) groups is 1. The first-order valence-corrected chi connectivity index (χ1v) is 8.12. The first-order chi connectivity index (χ1) is 11.2. The van der Waals surface area contributed by atoms with Crippen molar-refractivity contribution >= 4 is 22.9 Å². The minimum atomic E-state index is 0.0107. The Morgan fingerprint density at radius 1 is 1.35 bits per heavy atom. The molecule has 1 saturated heterocycles. The fourth-order valence-electron chi connectivity index (χ4n) is 3.16. The van der Waals surface area contributed by atoms with Crippen molar-refractivity contribution in [2.45, 2.75) is 25.8 Å². The average Bonchev–Trinajstić information content (AvgIpc) is 2.60. The molecule has 4 heteroatoms. The summed E-state index contributed by atoms with van der Waals surface area (Å²) in [5.74, 6) is 0.210. The van der Waals surface area contributed by atoms with Crippen molar-refractivity contribution in [2.24, 2.45) is 5.92 Å². The number of aromatic nitrogens is 1. The molecular formula is C19H22N2O2. The molecule has 0 bridgehead atoms. The first-order valence-electron chi connectivity index (χ1n) is 8.12. The highest BCUT2D eigenvalue weighted by atomic mass is 16.3. The summed E-state index contributed by atoms with van der Waals surface area (Å²) in [5.41, 5.74) is 1.92. The molecule has 23 heavy (non-hydrogen) atoms. The zero-order chi connectivity index (χ0) is 16.2. The number of pyridine rings is 1. The summed E-state index contributed by atoms with van der Waals surface area (Å²) >= 11 is 0. The summed E-state index contributed by atoms with van der Waals surface area (Å²) in [6, 6.07) is 10.1. The lowest BCUT2D eigenvalue weighted by molar-refractivity contribution is -0.130. The second kappa shape index (κ2) is 6.92. The molecule has 0 saturated carbocycles. The van der Waals surface area contributed by atoms with Crippen LogP contribution in [-0.4, -0.2) is 40.1 Å². The zero-order valence-electron chi connectivity index (χ0n) is 13.4. The summed E-state index contributed by atoms with van der Waals surface area (Å²) in [7, 11) is 0. The molecule has 2 unspecified atom stereocenters. The molecule has 1 aliphatic heterocycles. The molecule has 4 nitrogen and oxygen atoms in total. The SMILES string of the molecule is CC1CCC(CO)CN1C(=O)/C=C/c1ccnc2ccccc12. The predicted octanol–water partition coefficient (Wildman–Crippen LogP) is 2.87. The van der Waals surface area contributed by atoms with Crippen molar-refractivity contribution in [3.8, 4) is 0 Å². The lowest BCUT2D eigenvalue weighted by Gasteiger charge is -2.36. The van der Waals surface area contributed by atoms with E-state index in [9.17, 15) is 9.90 Å². The Morgan fingerprint density at radius 2 is 2.17 bits per heavy atom. The van der Waals surface area contributed by atoms with E-state index in [1.54, 1.807) is 12.3 Å². The lowest BCUT2D eigenvalue weighted by Crippen LogP contribution is -2.45. The molecular weight excluding hydrogens is 288 g/mol. The fraction of sp³-hybridized carbons (Fsp3) is 0.368. The molecule has 1 aromatic carbocycles. The second-order valence-corrected chi connectivity index (χ2v) is 6.22. The number of fused-ring (bicyclic) bond motifs is 1. The van der Waals surface area contributed by atoms with Crippen LogP contribution in [0, 0.1) is 5.92 Å². The Hall–Kier alpha value is -2.20. The van der Waals surface area contributed by atoms with E-state index in [1.807, 2.05) is 41.3 Å². The van der Waals surface area contributed by atoms with E-state index in [1.165, 1.54) is 0 Å². The molecule has 1 fully saturated rings. The van der Waals surface area contributed by atoms with Crippen LogP contribution in [0.2, 0.25) is 0 Å². The third-order valence-electron chi connectivity index (χ3n) is 4.61. The van der Waals surface area contributed by atoms with Gasteiger partial charge in [0, 0.05) is 36.9 Å². The number of amides is 1. The van der Waals surface area contributed by atoms with Crippen molar-refractivity contribution in [3.63, 3.8) is 0 Å². The van der Waals surface area contributed by atoms with Gasteiger partial charge < -0.3 is 10.0 Å². The number of carbonyl (C=O) groups excluding carboxylic acids is 1. The number of rotatable bonds is 3. The number of piperidine rings is 1. The molecule has 120 valence electrons. The topological polar surface area (TPSA) is 53.4 Å². The monoisotopic (exact) mass is 310 g/mol. The average molecular weight is 310 g/mol. The molecule has 1 N–H and O–H groups in total. The van der Waals surface area contributed by atoms with E-state index in [0.29, 0.717) is 6.54 Å². The van der Waals surface area contributed by atoms with Crippen LogP contribution in [0.3, 0.4) is 0 Å². The van der Waals surface area contributed by atoms with Crippen LogP contribution in [0.15, 0.2) is 42.6 Å². The Kier molecular flexibility index (Phi) is 4.72. The van der Waals surface area contributed by atoms with Crippen LogP contribution in [0.4, 0.5) is 0 Å². The van der Waals surface area contributed by atoms with E-state index in [4.69, 9.17) is 0 Å². The molecule has 0 aliphatic carbocycles. The number of aliphatic hydroxyl groups is 1. The number of aliphatic hydroxyl groups excluding tert-OH is 1. The number of benzene rings is 1. The van der Waals surface area contributed by atoms with Gasteiger partial charge in [-0.1, -0.05) is 18.2 Å². The minimum Gasteiger partial charge on any atom is -0.396 e.